The summed E-state index contributed by atoms with van der Waals surface area (Å²) in [6.45, 7) is 9.10. The average Bonchev–Trinajstić information content (AvgIpc) is 2.46. The van der Waals surface area contributed by atoms with E-state index in [0.717, 1.165) is 5.56 Å². The standard InChI is InChI=1S/C18H27NO5/c1-12(15(20)19-18(5,11-23-6)16(21)22)24-14-9-7-8-13(10-14)17(2,3)4/h7-10,12H,11H2,1-6H3,(H,19,20)(H,21,22). The first kappa shape index (κ1) is 20.0. The SMILES string of the molecule is COCC(C)(NC(=O)C(C)Oc1cccc(C(C)(C)C)c1)C(=O)O. The van der Waals surface area contributed by atoms with E-state index < -0.39 is 23.5 Å². The number of hydrogen-bond acceptors (Lipinski definition) is 4. The Labute approximate surface area is 143 Å². The number of amides is 1. The molecule has 0 aliphatic rings. The predicted molar refractivity (Wildman–Crippen MR) is 91.3 cm³/mol. The van der Waals surface area contributed by atoms with Crippen LogP contribution in [0.1, 0.15) is 40.2 Å². The van der Waals surface area contributed by atoms with Crippen LogP contribution in [-0.2, 0) is 19.7 Å². The van der Waals surface area contributed by atoms with E-state index in [-0.39, 0.29) is 12.0 Å². The Bertz CT molecular complexity index is 593. The summed E-state index contributed by atoms with van der Waals surface area (Å²) in [4.78, 5) is 23.6. The zero-order valence-electron chi connectivity index (χ0n) is 15.2. The molecule has 0 aliphatic heterocycles. The molecule has 0 heterocycles. The van der Waals surface area contributed by atoms with Gasteiger partial charge in [-0.1, -0.05) is 32.9 Å². The number of nitrogens with one attached hydrogen (secondary N) is 1. The van der Waals surface area contributed by atoms with Crippen LogP contribution in [0.2, 0.25) is 0 Å². The second kappa shape index (κ2) is 7.66. The molecular formula is C18H27NO5. The summed E-state index contributed by atoms with van der Waals surface area (Å²) in [5.41, 5.74) is -0.454. The van der Waals surface area contributed by atoms with Gasteiger partial charge in [-0.15, -0.1) is 0 Å². The fourth-order valence-corrected chi connectivity index (χ4v) is 2.11. The van der Waals surface area contributed by atoms with Crippen molar-refractivity contribution in [3.8, 4) is 5.75 Å². The maximum absolute atomic E-state index is 12.3. The Balaban J connectivity index is 2.82. The topological polar surface area (TPSA) is 84.9 Å². The lowest BCUT2D eigenvalue weighted by Gasteiger charge is -2.27. The first-order valence-electron chi connectivity index (χ1n) is 7.81. The van der Waals surface area contributed by atoms with Crippen molar-refractivity contribution < 1.29 is 24.2 Å². The highest BCUT2D eigenvalue weighted by atomic mass is 16.5. The zero-order valence-corrected chi connectivity index (χ0v) is 15.2. The number of carboxylic acid groups (broad SMARTS) is 1. The molecule has 0 saturated heterocycles. The summed E-state index contributed by atoms with van der Waals surface area (Å²) in [5.74, 6) is -1.12. The molecule has 0 spiro atoms. The Kier molecular flexibility index (Phi) is 6.37. The zero-order chi connectivity index (χ0) is 18.5. The van der Waals surface area contributed by atoms with E-state index in [0.29, 0.717) is 5.75 Å². The van der Waals surface area contributed by atoms with E-state index in [9.17, 15) is 14.7 Å². The highest BCUT2D eigenvalue weighted by Gasteiger charge is 2.36. The number of benzene rings is 1. The molecule has 6 nitrogen and oxygen atoms in total. The lowest BCUT2D eigenvalue weighted by atomic mass is 9.87. The van der Waals surface area contributed by atoms with E-state index in [2.05, 4.69) is 26.1 Å². The minimum absolute atomic E-state index is 0.0365. The van der Waals surface area contributed by atoms with Crippen molar-refractivity contribution in [2.45, 2.75) is 51.7 Å². The number of carbonyl (C=O) groups excluding carboxylic acids is 1. The van der Waals surface area contributed by atoms with Crippen molar-refractivity contribution in [2.24, 2.45) is 0 Å². The predicted octanol–water partition coefficient (Wildman–Crippen LogP) is 2.36. The first-order valence-corrected chi connectivity index (χ1v) is 7.81. The number of carboxylic acids is 1. The van der Waals surface area contributed by atoms with E-state index in [1.54, 1.807) is 13.0 Å². The quantitative estimate of drug-likeness (QED) is 0.798. The van der Waals surface area contributed by atoms with Gasteiger partial charge in [0, 0.05) is 7.11 Å². The van der Waals surface area contributed by atoms with E-state index in [1.807, 2.05) is 18.2 Å². The van der Waals surface area contributed by atoms with Crippen LogP contribution in [0.4, 0.5) is 0 Å². The molecule has 0 saturated carbocycles. The summed E-state index contributed by atoms with van der Waals surface area (Å²) in [7, 11) is 1.38. The van der Waals surface area contributed by atoms with E-state index in [4.69, 9.17) is 9.47 Å². The highest BCUT2D eigenvalue weighted by Crippen LogP contribution is 2.26. The monoisotopic (exact) mass is 337 g/mol. The van der Waals surface area contributed by atoms with Crippen LogP contribution in [-0.4, -0.2) is 42.3 Å². The van der Waals surface area contributed by atoms with Crippen molar-refractivity contribution in [1.29, 1.82) is 0 Å². The molecule has 24 heavy (non-hydrogen) atoms. The smallest absolute Gasteiger partial charge is 0.331 e. The molecule has 1 aromatic rings. The molecule has 0 bridgehead atoms. The van der Waals surface area contributed by atoms with Crippen LogP contribution >= 0.6 is 0 Å². The largest absolute Gasteiger partial charge is 0.481 e. The van der Waals surface area contributed by atoms with Gasteiger partial charge in [0.1, 0.15) is 5.75 Å². The molecule has 6 heteroatoms. The summed E-state index contributed by atoms with van der Waals surface area (Å²) >= 11 is 0. The van der Waals surface area contributed by atoms with Gasteiger partial charge >= 0.3 is 5.97 Å². The van der Waals surface area contributed by atoms with Crippen molar-refractivity contribution in [1.82, 2.24) is 5.32 Å². The van der Waals surface area contributed by atoms with Crippen molar-refractivity contribution >= 4 is 11.9 Å². The summed E-state index contributed by atoms with van der Waals surface area (Å²) in [6.07, 6.45) is -0.837. The van der Waals surface area contributed by atoms with E-state index in [1.165, 1.54) is 14.0 Å². The van der Waals surface area contributed by atoms with Crippen LogP contribution in [0.5, 0.6) is 5.75 Å². The van der Waals surface area contributed by atoms with Gasteiger partial charge in [-0.05, 0) is 37.0 Å². The van der Waals surface area contributed by atoms with Gasteiger partial charge in [-0.3, -0.25) is 4.79 Å². The maximum atomic E-state index is 12.3. The molecule has 134 valence electrons. The lowest BCUT2D eigenvalue weighted by molar-refractivity contribution is -0.150. The molecule has 1 aromatic carbocycles. The Morgan fingerprint density at radius 1 is 1.25 bits per heavy atom. The number of methoxy groups -OCH3 is 1. The molecule has 1 amide bonds. The second-order valence-corrected chi connectivity index (χ2v) is 7.10. The third-order valence-electron chi connectivity index (χ3n) is 3.69. The third-order valence-corrected chi connectivity index (χ3v) is 3.69. The Hall–Kier alpha value is -2.08. The van der Waals surface area contributed by atoms with Gasteiger partial charge in [0.25, 0.3) is 5.91 Å². The summed E-state index contributed by atoms with van der Waals surface area (Å²) < 4.78 is 10.6. The minimum Gasteiger partial charge on any atom is -0.481 e. The van der Waals surface area contributed by atoms with Gasteiger partial charge < -0.3 is 19.9 Å². The number of ether oxygens (including phenoxy) is 2. The molecule has 2 N–H and O–H groups in total. The Morgan fingerprint density at radius 3 is 2.38 bits per heavy atom. The van der Waals surface area contributed by atoms with Gasteiger partial charge in [-0.2, -0.15) is 0 Å². The molecule has 0 fully saturated rings. The number of hydrogen-bond donors (Lipinski definition) is 2. The first-order chi connectivity index (χ1) is 11.0. The van der Waals surface area contributed by atoms with Crippen LogP contribution in [0.15, 0.2) is 24.3 Å². The van der Waals surface area contributed by atoms with Crippen LogP contribution in [0, 0.1) is 0 Å². The molecule has 0 aromatic heterocycles. The van der Waals surface area contributed by atoms with Gasteiger partial charge in [0.15, 0.2) is 11.6 Å². The lowest BCUT2D eigenvalue weighted by Crippen LogP contribution is -2.57. The average molecular weight is 337 g/mol. The van der Waals surface area contributed by atoms with Gasteiger partial charge in [0.2, 0.25) is 0 Å². The van der Waals surface area contributed by atoms with Crippen LogP contribution in [0.25, 0.3) is 0 Å². The highest BCUT2D eigenvalue weighted by molar-refractivity contribution is 5.88. The van der Waals surface area contributed by atoms with Crippen molar-refractivity contribution in [3.05, 3.63) is 29.8 Å². The fraction of sp³-hybridized carbons (Fsp3) is 0.556. The minimum atomic E-state index is -1.50. The molecular weight excluding hydrogens is 310 g/mol. The van der Waals surface area contributed by atoms with Gasteiger partial charge in [0.05, 0.1) is 6.61 Å². The second-order valence-electron chi connectivity index (χ2n) is 7.10. The molecule has 0 aliphatic carbocycles. The summed E-state index contributed by atoms with van der Waals surface area (Å²) in [5, 5.41) is 11.7. The molecule has 2 unspecified atom stereocenters. The van der Waals surface area contributed by atoms with Crippen molar-refractivity contribution in [3.63, 3.8) is 0 Å². The van der Waals surface area contributed by atoms with Gasteiger partial charge in [-0.25, -0.2) is 4.79 Å². The van der Waals surface area contributed by atoms with Crippen molar-refractivity contribution in [2.75, 3.05) is 13.7 Å². The molecule has 2 atom stereocenters. The number of rotatable bonds is 7. The molecule has 0 radical (unpaired) electrons. The number of carbonyl (C=O) groups is 2. The van der Waals surface area contributed by atoms with E-state index >= 15 is 0 Å². The van der Waals surface area contributed by atoms with Crippen LogP contribution < -0.4 is 10.1 Å². The molecule has 1 rings (SSSR count). The van der Waals surface area contributed by atoms with Crippen LogP contribution in [0.3, 0.4) is 0 Å². The maximum Gasteiger partial charge on any atom is 0.331 e. The summed E-state index contributed by atoms with van der Waals surface area (Å²) in [6, 6.07) is 7.52. The third kappa shape index (κ3) is 5.23. The number of aliphatic carboxylic acids is 1. The Morgan fingerprint density at radius 2 is 1.88 bits per heavy atom. The fourth-order valence-electron chi connectivity index (χ4n) is 2.11. The normalized spacial score (nSPS) is 15.2.